The zero-order chi connectivity index (χ0) is 37.9. The fraction of sp³-hybridized carbons (Fsp3) is 0.535. The molecule has 280 valence electrons. The smallest absolute Gasteiger partial charge is 0.268 e. The number of ether oxygens (including phenoxy) is 1. The number of hydrogen-bond acceptors (Lipinski definition) is 5. The lowest BCUT2D eigenvalue weighted by Gasteiger charge is -2.37. The summed E-state index contributed by atoms with van der Waals surface area (Å²) < 4.78 is 32.6. The minimum Gasteiger partial charge on any atom is -0.499 e. The molecule has 2 fully saturated rings. The molecule has 2 aromatic carbocycles. The Morgan fingerprint density at radius 1 is 1.12 bits per heavy atom. The van der Waals surface area contributed by atoms with Gasteiger partial charge >= 0.3 is 0 Å². The topological polar surface area (TPSA) is 66.0 Å². The van der Waals surface area contributed by atoms with Gasteiger partial charge in [-0.15, -0.1) is 0 Å². The van der Waals surface area contributed by atoms with Crippen LogP contribution >= 0.6 is 0 Å². The Morgan fingerprint density at radius 3 is 2.31 bits per heavy atom. The number of allylic oxidation sites excluding steroid dienone is 2. The van der Waals surface area contributed by atoms with Crippen LogP contribution in [0.25, 0.3) is 11.8 Å². The van der Waals surface area contributed by atoms with Crippen molar-refractivity contribution < 1.29 is 18.3 Å². The molecule has 0 aromatic heterocycles. The summed E-state index contributed by atoms with van der Waals surface area (Å²) in [6, 6.07) is 14.6. The third-order valence-corrected chi connectivity index (χ3v) is 10.6. The van der Waals surface area contributed by atoms with Gasteiger partial charge < -0.3 is 20.3 Å². The fourth-order valence-corrected chi connectivity index (χ4v) is 7.43. The molecule has 0 spiro atoms. The van der Waals surface area contributed by atoms with E-state index >= 15 is 0 Å². The number of piperidine rings is 1. The Morgan fingerprint density at radius 2 is 1.76 bits per heavy atom. The number of halogens is 2. The Labute approximate surface area is 306 Å². The molecule has 2 aliphatic heterocycles. The highest BCUT2D eigenvalue weighted by Gasteiger charge is 2.51. The van der Waals surface area contributed by atoms with Crippen molar-refractivity contribution in [3.63, 3.8) is 0 Å². The third kappa shape index (κ3) is 10.2. The maximum absolute atomic E-state index is 13.7. The van der Waals surface area contributed by atoms with Crippen LogP contribution in [-0.2, 0) is 21.4 Å². The Balaban J connectivity index is 0.000000308. The summed E-state index contributed by atoms with van der Waals surface area (Å²) in [6.07, 6.45) is 9.37. The summed E-state index contributed by atoms with van der Waals surface area (Å²) >= 11 is 0. The first-order chi connectivity index (χ1) is 24.4. The summed E-state index contributed by atoms with van der Waals surface area (Å²) in [7, 11) is 3.85. The quantitative estimate of drug-likeness (QED) is 0.287. The molecule has 6 rings (SSSR count). The first-order valence-corrected chi connectivity index (χ1v) is 18.9. The van der Waals surface area contributed by atoms with E-state index in [9.17, 15) is 13.6 Å². The highest BCUT2D eigenvalue weighted by atomic mass is 19.3. The molecule has 8 heteroatoms. The van der Waals surface area contributed by atoms with Crippen LogP contribution in [0.15, 0.2) is 71.6 Å². The van der Waals surface area contributed by atoms with Gasteiger partial charge in [0, 0.05) is 49.2 Å². The second kappa shape index (κ2) is 18.6. The number of aliphatic imine (C=N–C) groups is 1. The molecule has 2 aromatic rings. The van der Waals surface area contributed by atoms with Crippen LogP contribution in [-0.4, -0.2) is 49.8 Å². The lowest BCUT2D eigenvalue weighted by Crippen LogP contribution is -2.36. The fourth-order valence-electron chi connectivity index (χ4n) is 7.43. The van der Waals surface area contributed by atoms with Crippen LogP contribution < -0.4 is 10.6 Å². The second-order valence-electron chi connectivity index (χ2n) is 13.9. The van der Waals surface area contributed by atoms with E-state index in [2.05, 4.69) is 59.3 Å². The summed E-state index contributed by atoms with van der Waals surface area (Å²) in [4.78, 5) is 17.8. The number of nitrogens with one attached hydrogen (secondary N) is 2. The van der Waals surface area contributed by atoms with Crippen molar-refractivity contribution in [2.45, 2.75) is 105 Å². The number of carbonyl (C=O) groups excluding carboxylic acids is 1. The minimum atomic E-state index is -2.82. The maximum atomic E-state index is 13.7. The molecule has 4 aliphatic rings. The van der Waals surface area contributed by atoms with Crippen molar-refractivity contribution in [2.75, 3.05) is 32.6 Å². The average molecular weight is 705 g/mol. The minimum absolute atomic E-state index is 0.0729. The van der Waals surface area contributed by atoms with Gasteiger partial charge in [-0.05, 0) is 98.3 Å². The molecular weight excluding hydrogens is 642 g/mol. The number of rotatable bonds is 8. The summed E-state index contributed by atoms with van der Waals surface area (Å²) in [5.41, 5.74) is 6.84. The zero-order valence-electron chi connectivity index (χ0n) is 32.8. The van der Waals surface area contributed by atoms with Gasteiger partial charge in [0.25, 0.3) is 5.92 Å². The van der Waals surface area contributed by atoms with E-state index < -0.39 is 5.92 Å². The first kappa shape index (κ1) is 41.6. The number of amidine groups is 1. The molecule has 6 nitrogen and oxygen atoms in total. The Kier molecular flexibility index (Phi) is 15.2. The van der Waals surface area contributed by atoms with Crippen LogP contribution in [0.2, 0.25) is 0 Å². The Hall–Kier alpha value is -3.78. The van der Waals surface area contributed by atoms with Gasteiger partial charge in [-0.2, -0.15) is 0 Å². The SMILES string of the molecule is C=Cc1cc(C2(C(C)C3CCN(C)CC3)CC2)ccc1NC1=NC=C(C(C)(F)F)CC1C.CC.CC.COC1=C(NC(C)=O)c2ccccc2C1. The van der Waals surface area contributed by atoms with Gasteiger partial charge in [-0.1, -0.05) is 84.5 Å². The van der Waals surface area contributed by atoms with Crippen LogP contribution in [0.1, 0.15) is 110 Å². The predicted molar refractivity (Wildman–Crippen MR) is 211 cm³/mol. The van der Waals surface area contributed by atoms with E-state index in [0.717, 1.165) is 53.4 Å². The van der Waals surface area contributed by atoms with E-state index in [1.807, 2.05) is 65.0 Å². The highest BCUT2D eigenvalue weighted by Crippen LogP contribution is 2.57. The zero-order valence-corrected chi connectivity index (χ0v) is 32.8. The number of alkyl halides is 2. The van der Waals surface area contributed by atoms with Gasteiger partial charge in [-0.3, -0.25) is 4.79 Å². The van der Waals surface area contributed by atoms with E-state index in [1.165, 1.54) is 63.0 Å². The van der Waals surface area contributed by atoms with Gasteiger partial charge in [0.05, 0.1) is 12.8 Å². The van der Waals surface area contributed by atoms with Crippen molar-refractivity contribution in [3.8, 4) is 0 Å². The summed E-state index contributed by atoms with van der Waals surface area (Å²) in [6.45, 7) is 21.3. The number of fused-ring (bicyclic) bond motifs is 1. The molecule has 2 aliphatic carbocycles. The van der Waals surface area contributed by atoms with E-state index in [0.29, 0.717) is 12.3 Å². The molecule has 0 bridgehead atoms. The number of nitrogens with zero attached hydrogens (tertiary/aromatic N) is 2. The van der Waals surface area contributed by atoms with E-state index in [4.69, 9.17) is 4.74 Å². The molecule has 2 unspecified atom stereocenters. The van der Waals surface area contributed by atoms with Crippen LogP contribution in [0.5, 0.6) is 0 Å². The van der Waals surface area contributed by atoms with Crippen molar-refractivity contribution in [3.05, 3.63) is 88.8 Å². The number of benzene rings is 2. The van der Waals surface area contributed by atoms with Crippen LogP contribution in [0, 0.1) is 17.8 Å². The molecule has 0 radical (unpaired) electrons. The molecular formula is C43H62F2N4O2. The van der Waals surface area contributed by atoms with Gasteiger partial charge in [0.15, 0.2) is 0 Å². The largest absolute Gasteiger partial charge is 0.499 e. The number of likely N-dealkylation sites (tertiary alicyclic amines) is 1. The first-order valence-electron chi connectivity index (χ1n) is 18.9. The molecule has 2 atom stereocenters. The summed E-state index contributed by atoms with van der Waals surface area (Å²) in [5, 5.41) is 6.22. The normalized spacial score (nSPS) is 20.0. The molecule has 51 heavy (non-hydrogen) atoms. The number of hydrogen-bond donors (Lipinski definition) is 2. The predicted octanol–water partition coefficient (Wildman–Crippen LogP) is 10.5. The van der Waals surface area contributed by atoms with Crippen molar-refractivity contribution in [1.82, 2.24) is 10.2 Å². The number of amides is 1. The van der Waals surface area contributed by atoms with Crippen molar-refractivity contribution >= 4 is 29.2 Å². The summed E-state index contributed by atoms with van der Waals surface area (Å²) in [5.74, 6) is 0.0403. The van der Waals surface area contributed by atoms with Gasteiger partial charge in [0.2, 0.25) is 5.91 Å². The standard InChI is InChI=1S/C27H37F2N3.C12H13NO2.2C2H6/c1-6-20-16-22(27(11-12-27)19(3)21-9-13-32(5)14-10-21)7-8-24(20)31-25-18(2)15-23(17-30-25)26(4,28)29;1-8(14)13-12-10-6-4-3-5-9(10)7-11(12)15-2;2*1-2/h6-8,16-19,21H,1,9-15H2,2-5H3,(H,30,31);3-6H,7H2,1-2H3,(H,13,14);2*1-2H3. The van der Waals surface area contributed by atoms with Crippen molar-refractivity contribution in [2.24, 2.45) is 22.7 Å². The molecule has 1 saturated carbocycles. The molecule has 2 heterocycles. The van der Waals surface area contributed by atoms with Crippen molar-refractivity contribution in [1.29, 1.82) is 0 Å². The maximum Gasteiger partial charge on any atom is 0.268 e. The van der Waals surface area contributed by atoms with E-state index in [-0.39, 0.29) is 22.8 Å². The molecule has 2 N–H and O–H groups in total. The number of anilines is 1. The monoisotopic (exact) mass is 704 g/mol. The van der Waals surface area contributed by atoms with Gasteiger partial charge in [0.1, 0.15) is 11.6 Å². The molecule has 1 saturated heterocycles. The van der Waals surface area contributed by atoms with E-state index in [1.54, 1.807) is 7.11 Å². The second-order valence-corrected chi connectivity index (χ2v) is 13.9. The Bertz CT molecular complexity index is 1580. The third-order valence-electron chi connectivity index (χ3n) is 10.6. The molecule has 1 amide bonds. The van der Waals surface area contributed by atoms with Crippen LogP contribution in [0.4, 0.5) is 14.5 Å². The van der Waals surface area contributed by atoms with Gasteiger partial charge in [-0.25, -0.2) is 13.8 Å². The number of methoxy groups -OCH3 is 1. The highest BCUT2D eigenvalue weighted by molar-refractivity contribution is 5.99. The lowest BCUT2D eigenvalue weighted by atomic mass is 9.72. The average Bonchev–Trinajstić information content (AvgIpc) is 3.87. The lowest BCUT2D eigenvalue weighted by molar-refractivity contribution is -0.117. The number of carbonyl (C=O) groups is 1. The van der Waals surface area contributed by atoms with Crippen LogP contribution in [0.3, 0.4) is 0 Å².